The van der Waals surface area contributed by atoms with Crippen molar-refractivity contribution in [1.82, 2.24) is 5.32 Å². The Morgan fingerprint density at radius 1 is 1.03 bits per heavy atom. The molecule has 6 nitrogen and oxygen atoms in total. The summed E-state index contributed by atoms with van der Waals surface area (Å²) in [6.07, 6.45) is 0.680. The molecule has 1 amide bonds. The largest absolute Gasteiger partial charge is 0.492 e. The molecule has 6 heteroatoms. The number of hydrogen-bond donors (Lipinski definition) is 1. The van der Waals surface area contributed by atoms with Crippen molar-refractivity contribution in [3.05, 3.63) is 47.5 Å². The molecule has 0 bridgehead atoms. The molecule has 29 heavy (non-hydrogen) atoms. The summed E-state index contributed by atoms with van der Waals surface area (Å²) in [5.41, 5.74) is 1.96. The van der Waals surface area contributed by atoms with Crippen molar-refractivity contribution in [2.24, 2.45) is 5.92 Å². The Morgan fingerprint density at radius 2 is 1.69 bits per heavy atom. The van der Waals surface area contributed by atoms with Gasteiger partial charge in [-0.3, -0.25) is 4.79 Å². The topological polar surface area (TPSA) is 66.0 Å². The fourth-order valence-electron chi connectivity index (χ4n) is 3.37. The minimum Gasteiger partial charge on any atom is -0.492 e. The van der Waals surface area contributed by atoms with E-state index in [2.05, 4.69) is 5.32 Å². The average molecular weight is 399 g/mol. The van der Waals surface area contributed by atoms with Gasteiger partial charge in [-0.2, -0.15) is 0 Å². The van der Waals surface area contributed by atoms with E-state index < -0.39 is 0 Å². The van der Waals surface area contributed by atoms with Crippen LogP contribution in [-0.4, -0.2) is 32.3 Å². The van der Waals surface area contributed by atoms with Gasteiger partial charge < -0.3 is 24.3 Å². The van der Waals surface area contributed by atoms with Gasteiger partial charge in [-0.15, -0.1) is 0 Å². The second kappa shape index (κ2) is 10.0. The minimum absolute atomic E-state index is 0.0238. The van der Waals surface area contributed by atoms with E-state index in [1.165, 1.54) is 0 Å². The fourth-order valence-corrected chi connectivity index (χ4v) is 3.37. The molecule has 3 rings (SSSR count). The predicted octanol–water partition coefficient (Wildman–Crippen LogP) is 3.75. The highest BCUT2D eigenvalue weighted by Crippen LogP contribution is 2.39. The van der Waals surface area contributed by atoms with Crippen LogP contribution >= 0.6 is 0 Å². The molecule has 0 fully saturated rings. The van der Waals surface area contributed by atoms with Crippen molar-refractivity contribution in [1.29, 1.82) is 0 Å². The lowest BCUT2D eigenvalue weighted by molar-refractivity contribution is -0.126. The number of benzene rings is 2. The summed E-state index contributed by atoms with van der Waals surface area (Å²) in [4.78, 5) is 12.7. The number of amides is 1. The number of ether oxygens (including phenoxy) is 4. The lowest BCUT2D eigenvalue weighted by Crippen LogP contribution is -2.37. The van der Waals surface area contributed by atoms with Crippen molar-refractivity contribution in [2.75, 3.05) is 26.4 Å². The SMILES string of the molecule is CCOc1cc(CNC(=O)[C@@H]2COc3ccccc3C2)cc(OCC)c1OCC. The van der Waals surface area contributed by atoms with Crippen LogP contribution in [0, 0.1) is 5.92 Å². The summed E-state index contributed by atoms with van der Waals surface area (Å²) in [7, 11) is 0. The summed E-state index contributed by atoms with van der Waals surface area (Å²) in [5.74, 6) is 2.49. The molecular weight excluding hydrogens is 370 g/mol. The molecular formula is C23H29NO5. The molecule has 2 aromatic rings. The normalized spacial score (nSPS) is 15.1. The number of hydrogen-bond acceptors (Lipinski definition) is 5. The lowest BCUT2D eigenvalue weighted by Gasteiger charge is -2.24. The van der Waals surface area contributed by atoms with Crippen LogP contribution in [0.1, 0.15) is 31.9 Å². The number of fused-ring (bicyclic) bond motifs is 1. The molecule has 2 aromatic carbocycles. The first-order valence-electron chi connectivity index (χ1n) is 10.2. The molecule has 1 heterocycles. The first kappa shape index (κ1) is 20.8. The Hall–Kier alpha value is -2.89. The third kappa shape index (κ3) is 5.13. The number of para-hydroxylation sites is 1. The van der Waals surface area contributed by atoms with E-state index in [0.29, 0.717) is 56.6 Å². The maximum atomic E-state index is 12.7. The molecule has 0 unspecified atom stereocenters. The molecule has 0 aromatic heterocycles. The third-order valence-corrected chi connectivity index (χ3v) is 4.69. The molecule has 0 saturated carbocycles. The molecule has 156 valence electrons. The third-order valence-electron chi connectivity index (χ3n) is 4.69. The summed E-state index contributed by atoms with van der Waals surface area (Å²) >= 11 is 0. The Labute approximate surface area is 172 Å². The van der Waals surface area contributed by atoms with Crippen LogP contribution in [0.5, 0.6) is 23.0 Å². The van der Waals surface area contributed by atoms with Crippen molar-refractivity contribution in [3.8, 4) is 23.0 Å². The first-order chi connectivity index (χ1) is 14.2. The van der Waals surface area contributed by atoms with Gasteiger partial charge in [0.1, 0.15) is 12.4 Å². The van der Waals surface area contributed by atoms with E-state index in [1.54, 1.807) is 0 Å². The summed E-state index contributed by atoms with van der Waals surface area (Å²) in [5, 5.41) is 3.02. The van der Waals surface area contributed by atoms with Gasteiger partial charge in [0.2, 0.25) is 11.7 Å². The maximum absolute atomic E-state index is 12.7. The van der Waals surface area contributed by atoms with E-state index in [4.69, 9.17) is 18.9 Å². The van der Waals surface area contributed by atoms with Gasteiger partial charge in [-0.25, -0.2) is 0 Å². The molecule has 0 radical (unpaired) electrons. The zero-order valence-corrected chi connectivity index (χ0v) is 17.3. The molecule has 1 aliphatic heterocycles. The van der Waals surface area contributed by atoms with Crippen molar-refractivity contribution in [2.45, 2.75) is 33.7 Å². The number of rotatable bonds is 9. The van der Waals surface area contributed by atoms with Crippen LogP contribution in [0.15, 0.2) is 36.4 Å². The van der Waals surface area contributed by atoms with Crippen molar-refractivity contribution < 1.29 is 23.7 Å². The van der Waals surface area contributed by atoms with Crippen LogP contribution in [0.4, 0.5) is 0 Å². The highest BCUT2D eigenvalue weighted by Gasteiger charge is 2.25. The molecule has 1 atom stereocenters. The number of nitrogens with one attached hydrogen (secondary N) is 1. The summed E-state index contributed by atoms with van der Waals surface area (Å²) < 4.78 is 22.9. The second-order valence-corrected chi connectivity index (χ2v) is 6.76. The maximum Gasteiger partial charge on any atom is 0.227 e. The predicted molar refractivity (Wildman–Crippen MR) is 111 cm³/mol. The summed E-state index contributed by atoms with van der Waals surface area (Å²) in [6, 6.07) is 11.6. The molecule has 1 N–H and O–H groups in total. The quantitative estimate of drug-likeness (QED) is 0.696. The first-order valence-corrected chi connectivity index (χ1v) is 10.2. The zero-order valence-electron chi connectivity index (χ0n) is 17.3. The van der Waals surface area contributed by atoms with E-state index in [1.807, 2.05) is 57.2 Å². The second-order valence-electron chi connectivity index (χ2n) is 6.76. The molecule has 0 aliphatic carbocycles. The molecule has 0 spiro atoms. The summed E-state index contributed by atoms with van der Waals surface area (Å²) in [6.45, 7) is 8.07. The minimum atomic E-state index is -0.203. The monoisotopic (exact) mass is 399 g/mol. The van der Waals surface area contributed by atoms with E-state index >= 15 is 0 Å². The smallest absolute Gasteiger partial charge is 0.227 e. The Kier molecular flexibility index (Phi) is 7.22. The number of carbonyl (C=O) groups is 1. The Balaban J connectivity index is 1.70. The molecule has 0 saturated heterocycles. The van der Waals surface area contributed by atoms with Gasteiger partial charge in [-0.1, -0.05) is 18.2 Å². The van der Waals surface area contributed by atoms with E-state index in [-0.39, 0.29) is 11.8 Å². The van der Waals surface area contributed by atoms with Crippen LogP contribution in [0.3, 0.4) is 0 Å². The van der Waals surface area contributed by atoms with E-state index in [9.17, 15) is 4.79 Å². The van der Waals surface area contributed by atoms with Gasteiger partial charge >= 0.3 is 0 Å². The van der Waals surface area contributed by atoms with Crippen LogP contribution < -0.4 is 24.3 Å². The van der Waals surface area contributed by atoms with Crippen LogP contribution in [0.25, 0.3) is 0 Å². The lowest BCUT2D eigenvalue weighted by atomic mass is 9.96. The Morgan fingerprint density at radius 3 is 2.34 bits per heavy atom. The van der Waals surface area contributed by atoms with Gasteiger partial charge in [0.05, 0.1) is 25.7 Å². The highest BCUT2D eigenvalue weighted by molar-refractivity contribution is 5.79. The van der Waals surface area contributed by atoms with Crippen molar-refractivity contribution >= 4 is 5.91 Å². The standard InChI is InChI=1S/C23H29NO5/c1-4-26-20-11-16(12-21(27-5-2)22(20)28-6-3)14-24-23(25)18-13-17-9-7-8-10-19(17)29-15-18/h7-12,18H,4-6,13-15H2,1-3H3,(H,24,25)/t18-/m0/s1. The van der Waals surface area contributed by atoms with Crippen LogP contribution in [0.2, 0.25) is 0 Å². The van der Waals surface area contributed by atoms with Crippen molar-refractivity contribution in [3.63, 3.8) is 0 Å². The van der Waals surface area contributed by atoms with Gasteiger partial charge in [0.15, 0.2) is 11.5 Å². The molecule has 1 aliphatic rings. The van der Waals surface area contributed by atoms with E-state index in [0.717, 1.165) is 16.9 Å². The number of carbonyl (C=O) groups excluding carboxylic acids is 1. The fraction of sp³-hybridized carbons (Fsp3) is 0.435. The highest BCUT2D eigenvalue weighted by atomic mass is 16.5. The van der Waals surface area contributed by atoms with Gasteiger partial charge in [-0.05, 0) is 56.5 Å². The Bertz CT molecular complexity index is 809. The average Bonchev–Trinajstić information content (AvgIpc) is 2.74. The van der Waals surface area contributed by atoms with Crippen LogP contribution in [-0.2, 0) is 17.8 Å². The van der Waals surface area contributed by atoms with Gasteiger partial charge in [0.25, 0.3) is 0 Å². The zero-order chi connectivity index (χ0) is 20.6. The van der Waals surface area contributed by atoms with Gasteiger partial charge in [0, 0.05) is 6.54 Å².